The number of methoxy groups -OCH3 is 1. The van der Waals surface area contributed by atoms with E-state index in [9.17, 15) is 9.18 Å². The van der Waals surface area contributed by atoms with Crippen LogP contribution in [0.2, 0.25) is 0 Å². The molecule has 0 saturated heterocycles. The Hall–Kier alpha value is -2.69. The Bertz CT molecular complexity index is 817. The van der Waals surface area contributed by atoms with Gasteiger partial charge in [0.15, 0.2) is 0 Å². The van der Waals surface area contributed by atoms with Crippen molar-refractivity contribution in [3.8, 4) is 5.75 Å². The van der Waals surface area contributed by atoms with E-state index >= 15 is 0 Å². The van der Waals surface area contributed by atoms with E-state index in [0.29, 0.717) is 0 Å². The molecule has 4 rings (SSSR count). The third kappa shape index (κ3) is 2.28. The zero-order valence-electron chi connectivity index (χ0n) is 13.3. The number of hydrogen-bond acceptors (Lipinski definition) is 3. The van der Waals surface area contributed by atoms with E-state index in [1.54, 1.807) is 19.2 Å². The van der Waals surface area contributed by atoms with Gasteiger partial charge in [-0.25, -0.2) is 9.40 Å². The van der Waals surface area contributed by atoms with Gasteiger partial charge in [0.1, 0.15) is 11.6 Å². The summed E-state index contributed by atoms with van der Waals surface area (Å²) in [4.78, 5) is 11.6. The zero-order valence-corrected chi connectivity index (χ0v) is 13.3. The van der Waals surface area contributed by atoms with E-state index < -0.39 is 0 Å². The highest BCUT2D eigenvalue weighted by atomic mass is 19.1. The summed E-state index contributed by atoms with van der Waals surface area (Å²) in [5, 5.41) is 6.02. The predicted octanol–water partition coefficient (Wildman–Crippen LogP) is 3.31. The van der Waals surface area contributed by atoms with Gasteiger partial charge < -0.3 is 4.74 Å². The molecule has 1 heterocycles. The fraction of sp³-hybridized carbons (Fsp3) is 0.263. The van der Waals surface area contributed by atoms with Crippen LogP contribution in [0.4, 0.5) is 4.39 Å². The van der Waals surface area contributed by atoms with Crippen molar-refractivity contribution in [2.75, 3.05) is 7.11 Å². The highest BCUT2D eigenvalue weighted by Crippen LogP contribution is 2.43. The van der Waals surface area contributed by atoms with Gasteiger partial charge in [-0.05, 0) is 48.2 Å². The predicted molar refractivity (Wildman–Crippen MR) is 88.4 cm³/mol. The summed E-state index contributed by atoms with van der Waals surface area (Å²) in [7, 11) is 1.64. The van der Waals surface area contributed by atoms with Gasteiger partial charge in [0.2, 0.25) is 6.41 Å². The summed E-state index contributed by atoms with van der Waals surface area (Å²) in [6, 6.07) is 12.1. The Labute approximate surface area is 139 Å². The maximum atomic E-state index is 13.2. The highest BCUT2D eigenvalue weighted by molar-refractivity contribution is 6.06. The number of carbonyl (C=O) groups is 1. The number of hydrazone groups is 1. The Kier molecular flexibility index (Phi) is 3.56. The molecule has 0 aromatic heterocycles. The second-order valence-electron chi connectivity index (χ2n) is 6.14. The molecule has 5 heteroatoms. The molecule has 1 amide bonds. The van der Waals surface area contributed by atoms with E-state index in [1.165, 1.54) is 22.7 Å². The molecule has 2 aliphatic rings. The minimum atomic E-state index is -0.283. The van der Waals surface area contributed by atoms with Crippen LogP contribution >= 0.6 is 0 Å². The quantitative estimate of drug-likeness (QED) is 0.813. The van der Waals surface area contributed by atoms with E-state index in [0.717, 1.165) is 41.8 Å². The first-order valence-electron chi connectivity index (χ1n) is 7.96. The van der Waals surface area contributed by atoms with Crippen molar-refractivity contribution in [1.82, 2.24) is 5.01 Å². The number of amides is 1. The van der Waals surface area contributed by atoms with E-state index in [2.05, 4.69) is 11.2 Å². The van der Waals surface area contributed by atoms with Gasteiger partial charge in [-0.15, -0.1) is 0 Å². The first-order chi connectivity index (χ1) is 11.7. The maximum Gasteiger partial charge on any atom is 0.230 e. The lowest BCUT2D eigenvalue weighted by Crippen LogP contribution is -2.28. The van der Waals surface area contributed by atoms with Crippen LogP contribution in [0.15, 0.2) is 47.6 Å². The second kappa shape index (κ2) is 5.74. The molecule has 0 spiro atoms. The van der Waals surface area contributed by atoms with Crippen molar-refractivity contribution in [2.24, 2.45) is 11.0 Å². The molecular weight excluding hydrogens is 307 g/mol. The molecule has 0 fully saturated rings. The molecule has 0 saturated carbocycles. The lowest BCUT2D eigenvalue weighted by molar-refractivity contribution is -0.120. The Morgan fingerprint density at radius 3 is 2.75 bits per heavy atom. The molecule has 2 aromatic rings. The third-order valence-corrected chi connectivity index (χ3v) is 4.88. The van der Waals surface area contributed by atoms with Gasteiger partial charge in [0.25, 0.3) is 0 Å². The number of aryl methyl sites for hydroxylation is 1. The SMILES string of the molecule is COc1ccc2c(c1)C1=NN(C=O)[C@H](c3ccc(F)cc3)[C@@H]1CC2. The molecule has 1 aliphatic heterocycles. The van der Waals surface area contributed by atoms with Crippen LogP contribution in [-0.2, 0) is 11.2 Å². The first-order valence-corrected chi connectivity index (χ1v) is 7.96. The van der Waals surface area contributed by atoms with Gasteiger partial charge >= 0.3 is 0 Å². The number of hydrogen-bond donors (Lipinski definition) is 0. The Balaban J connectivity index is 1.77. The van der Waals surface area contributed by atoms with E-state index in [4.69, 9.17) is 4.74 Å². The number of fused-ring (bicyclic) bond motifs is 3. The van der Waals surface area contributed by atoms with Crippen LogP contribution in [0.3, 0.4) is 0 Å². The third-order valence-electron chi connectivity index (χ3n) is 4.88. The second-order valence-corrected chi connectivity index (χ2v) is 6.14. The van der Waals surface area contributed by atoms with Crippen LogP contribution in [0.5, 0.6) is 5.75 Å². The monoisotopic (exact) mass is 324 g/mol. The number of ether oxygens (including phenoxy) is 1. The molecule has 122 valence electrons. The summed E-state index contributed by atoms with van der Waals surface area (Å²) in [5.74, 6) is 0.606. The largest absolute Gasteiger partial charge is 0.497 e. The van der Waals surface area contributed by atoms with Crippen molar-refractivity contribution in [3.05, 3.63) is 65.0 Å². The topological polar surface area (TPSA) is 41.9 Å². The highest BCUT2D eigenvalue weighted by Gasteiger charge is 2.41. The molecule has 2 atom stereocenters. The number of carbonyl (C=O) groups excluding carboxylic acids is 1. The molecule has 0 bridgehead atoms. The van der Waals surface area contributed by atoms with Gasteiger partial charge in [-0.1, -0.05) is 18.2 Å². The number of nitrogens with zero attached hydrogens (tertiary/aromatic N) is 2. The van der Waals surface area contributed by atoms with Crippen molar-refractivity contribution in [2.45, 2.75) is 18.9 Å². The maximum absolute atomic E-state index is 13.2. The molecule has 4 nitrogen and oxygen atoms in total. The molecule has 0 N–H and O–H groups in total. The molecule has 24 heavy (non-hydrogen) atoms. The minimum absolute atomic E-state index is 0.111. The fourth-order valence-corrected chi connectivity index (χ4v) is 3.73. The van der Waals surface area contributed by atoms with Gasteiger partial charge in [0, 0.05) is 11.5 Å². The normalized spacial score (nSPS) is 21.8. The van der Waals surface area contributed by atoms with Crippen LogP contribution < -0.4 is 4.74 Å². The van der Waals surface area contributed by atoms with Crippen LogP contribution in [0.25, 0.3) is 0 Å². The number of benzene rings is 2. The number of rotatable bonds is 3. The summed E-state index contributed by atoms with van der Waals surface area (Å²) in [6.45, 7) is 0. The average molecular weight is 324 g/mol. The summed E-state index contributed by atoms with van der Waals surface area (Å²) < 4.78 is 18.6. The lowest BCUT2D eigenvalue weighted by atomic mass is 9.77. The van der Waals surface area contributed by atoms with Crippen molar-refractivity contribution >= 4 is 12.1 Å². The standard InChI is InChI=1S/C19H17FN2O2/c1-24-15-8-4-12-5-9-16-18(17(12)10-15)21-22(11-23)19(16)13-2-6-14(20)7-3-13/h2-4,6-8,10-11,16,19H,5,9H2,1H3/t16-,19-/m1/s1. The van der Waals surface area contributed by atoms with E-state index in [-0.39, 0.29) is 17.8 Å². The summed E-state index contributed by atoms with van der Waals surface area (Å²) in [6.07, 6.45) is 2.58. The minimum Gasteiger partial charge on any atom is -0.497 e. The van der Waals surface area contributed by atoms with Crippen LogP contribution in [-0.4, -0.2) is 24.2 Å². The van der Waals surface area contributed by atoms with Crippen molar-refractivity contribution in [1.29, 1.82) is 0 Å². The zero-order chi connectivity index (χ0) is 16.7. The first kappa shape index (κ1) is 14.9. The number of halogens is 1. The van der Waals surface area contributed by atoms with Crippen LogP contribution in [0.1, 0.15) is 29.2 Å². The van der Waals surface area contributed by atoms with Crippen molar-refractivity contribution in [3.63, 3.8) is 0 Å². The smallest absolute Gasteiger partial charge is 0.230 e. The summed E-state index contributed by atoms with van der Waals surface area (Å²) >= 11 is 0. The Morgan fingerprint density at radius 2 is 2.04 bits per heavy atom. The summed E-state index contributed by atoms with van der Waals surface area (Å²) in [5.41, 5.74) is 4.08. The van der Waals surface area contributed by atoms with Crippen LogP contribution in [0, 0.1) is 11.7 Å². The van der Waals surface area contributed by atoms with Crippen molar-refractivity contribution < 1.29 is 13.9 Å². The van der Waals surface area contributed by atoms with Gasteiger partial charge in [0.05, 0.1) is 18.9 Å². The molecule has 1 aliphatic carbocycles. The molecular formula is C19H17FN2O2. The van der Waals surface area contributed by atoms with Gasteiger partial charge in [-0.2, -0.15) is 5.10 Å². The van der Waals surface area contributed by atoms with E-state index in [1.807, 2.05) is 12.1 Å². The molecule has 0 radical (unpaired) electrons. The molecule has 2 aromatic carbocycles. The Morgan fingerprint density at radius 1 is 1.25 bits per heavy atom. The average Bonchev–Trinajstić information content (AvgIpc) is 3.01. The molecule has 0 unspecified atom stereocenters. The fourth-order valence-electron chi connectivity index (χ4n) is 3.73. The van der Waals surface area contributed by atoms with Gasteiger partial charge in [-0.3, -0.25) is 4.79 Å². The lowest BCUT2D eigenvalue weighted by Gasteiger charge is -2.28.